The van der Waals surface area contributed by atoms with Crippen LogP contribution in [-0.4, -0.2) is 13.7 Å². The van der Waals surface area contributed by atoms with E-state index in [4.69, 9.17) is 27.8 Å². The fourth-order valence-electron chi connectivity index (χ4n) is 1.64. The molecule has 1 atom stereocenters. The predicted octanol–water partition coefficient (Wildman–Crippen LogP) is 1.92. The summed E-state index contributed by atoms with van der Waals surface area (Å²) in [5, 5.41) is 0.583. The maximum atomic E-state index is 6.09. The Morgan fingerprint density at radius 1 is 1.40 bits per heavy atom. The summed E-state index contributed by atoms with van der Waals surface area (Å²) in [6.07, 6.45) is 0. The first-order valence-corrected chi connectivity index (χ1v) is 5.20. The van der Waals surface area contributed by atoms with E-state index in [2.05, 4.69) is 0 Å². The Kier molecular flexibility index (Phi) is 3.97. The number of methoxy groups -OCH3 is 1. The van der Waals surface area contributed by atoms with Crippen LogP contribution in [0.5, 0.6) is 5.75 Å². The van der Waals surface area contributed by atoms with Gasteiger partial charge < -0.3 is 16.2 Å². The third-order valence-electron chi connectivity index (χ3n) is 2.69. The van der Waals surface area contributed by atoms with Gasteiger partial charge in [0.1, 0.15) is 5.75 Å². The van der Waals surface area contributed by atoms with Crippen LogP contribution in [0.2, 0.25) is 5.02 Å². The maximum absolute atomic E-state index is 6.09. The molecule has 0 amide bonds. The van der Waals surface area contributed by atoms with Gasteiger partial charge in [0.2, 0.25) is 0 Å². The zero-order chi connectivity index (χ0) is 11.6. The fourth-order valence-corrected chi connectivity index (χ4v) is 1.98. The van der Waals surface area contributed by atoms with Crippen molar-refractivity contribution in [1.29, 1.82) is 0 Å². The molecule has 1 aromatic rings. The van der Waals surface area contributed by atoms with Crippen molar-refractivity contribution >= 4 is 11.6 Å². The monoisotopic (exact) mass is 228 g/mol. The van der Waals surface area contributed by atoms with Gasteiger partial charge in [0.15, 0.2) is 0 Å². The highest BCUT2D eigenvalue weighted by atomic mass is 35.5. The molecule has 0 spiro atoms. The van der Waals surface area contributed by atoms with Crippen LogP contribution in [0.1, 0.15) is 22.7 Å². The number of ether oxygens (including phenoxy) is 1. The van der Waals surface area contributed by atoms with Gasteiger partial charge in [0, 0.05) is 12.6 Å². The molecule has 1 unspecified atom stereocenters. The van der Waals surface area contributed by atoms with Crippen LogP contribution in [0.4, 0.5) is 0 Å². The Labute approximate surface area is 95.4 Å². The largest absolute Gasteiger partial charge is 0.495 e. The van der Waals surface area contributed by atoms with Crippen molar-refractivity contribution in [1.82, 2.24) is 0 Å². The van der Waals surface area contributed by atoms with Gasteiger partial charge in [0.05, 0.1) is 12.1 Å². The highest BCUT2D eigenvalue weighted by Crippen LogP contribution is 2.34. The van der Waals surface area contributed by atoms with E-state index in [1.807, 2.05) is 19.9 Å². The minimum absolute atomic E-state index is 0.174. The lowest BCUT2D eigenvalue weighted by Gasteiger charge is -2.18. The predicted molar refractivity (Wildman–Crippen MR) is 63.5 cm³/mol. The molecule has 4 N–H and O–H groups in total. The summed E-state index contributed by atoms with van der Waals surface area (Å²) >= 11 is 6.09. The molecule has 15 heavy (non-hydrogen) atoms. The van der Waals surface area contributed by atoms with E-state index in [0.29, 0.717) is 17.3 Å². The van der Waals surface area contributed by atoms with Gasteiger partial charge in [-0.2, -0.15) is 0 Å². The van der Waals surface area contributed by atoms with Crippen LogP contribution >= 0.6 is 11.6 Å². The molecule has 0 aliphatic carbocycles. The van der Waals surface area contributed by atoms with Crippen LogP contribution < -0.4 is 16.2 Å². The molecule has 0 aliphatic rings. The normalized spacial score (nSPS) is 12.7. The first-order chi connectivity index (χ1) is 7.02. The van der Waals surface area contributed by atoms with Crippen molar-refractivity contribution < 1.29 is 4.74 Å². The van der Waals surface area contributed by atoms with E-state index in [1.54, 1.807) is 7.11 Å². The van der Waals surface area contributed by atoms with Crippen molar-refractivity contribution in [2.45, 2.75) is 19.9 Å². The van der Waals surface area contributed by atoms with E-state index in [0.717, 1.165) is 16.7 Å². The van der Waals surface area contributed by atoms with Gasteiger partial charge in [-0.1, -0.05) is 11.6 Å². The maximum Gasteiger partial charge on any atom is 0.140 e. The lowest BCUT2D eigenvalue weighted by Crippen LogP contribution is -2.22. The molecule has 0 aliphatic heterocycles. The smallest absolute Gasteiger partial charge is 0.140 e. The number of nitrogens with two attached hydrogens (primary N) is 2. The van der Waals surface area contributed by atoms with Gasteiger partial charge in [-0.15, -0.1) is 0 Å². The fraction of sp³-hybridized carbons (Fsp3) is 0.455. The van der Waals surface area contributed by atoms with Crippen LogP contribution in [0.15, 0.2) is 6.07 Å². The van der Waals surface area contributed by atoms with Gasteiger partial charge in [-0.3, -0.25) is 0 Å². The first-order valence-electron chi connectivity index (χ1n) is 4.82. The average molecular weight is 229 g/mol. The molecular weight excluding hydrogens is 212 g/mol. The SMILES string of the molecule is COc1c(Cl)cc(C(N)CN)c(C)c1C. The van der Waals surface area contributed by atoms with E-state index in [1.165, 1.54) is 0 Å². The number of hydrogen-bond acceptors (Lipinski definition) is 3. The topological polar surface area (TPSA) is 61.3 Å². The molecule has 84 valence electrons. The second kappa shape index (κ2) is 4.84. The van der Waals surface area contributed by atoms with Crippen LogP contribution in [-0.2, 0) is 0 Å². The molecule has 1 rings (SSSR count). The number of benzene rings is 1. The molecule has 0 fully saturated rings. The summed E-state index contributed by atoms with van der Waals surface area (Å²) in [6, 6.07) is 1.66. The van der Waals surface area contributed by atoms with E-state index >= 15 is 0 Å². The van der Waals surface area contributed by atoms with Crippen molar-refractivity contribution in [3.63, 3.8) is 0 Å². The summed E-state index contributed by atoms with van der Waals surface area (Å²) in [5.41, 5.74) is 14.5. The zero-order valence-electron chi connectivity index (χ0n) is 9.30. The van der Waals surface area contributed by atoms with E-state index < -0.39 is 0 Å². The molecule has 3 nitrogen and oxygen atoms in total. The van der Waals surface area contributed by atoms with Crippen molar-refractivity contribution in [2.24, 2.45) is 11.5 Å². The first kappa shape index (κ1) is 12.3. The zero-order valence-corrected chi connectivity index (χ0v) is 10.1. The Morgan fingerprint density at radius 2 is 2.00 bits per heavy atom. The Morgan fingerprint density at radius 3 is 2.47 bits per heavy atom. The van der Waals surface area contributed by atoms with Crippen molar-refractivity contribution in [3.8, 4) is 5.75 Å². The van der Waals surface area contributed by atoms with E-state index in [9.17, 15) is 0 Å². The van der Waals surface area contributed by atoms with Gasteiger partial charge in [-0.05, 0) is 36.6 Å². The Bertz CT molecular complexity index is 366. The van der Waals surface area contributed by atoms with Gasteiger partial charge in [-0.25, -0.2) is 0 Å². The summed E-state index contributed by atoms with van der Waals surface area (Å²) < 4.78 is 5.22. The summed E-state index contributed by atoms with van der Waals surface area (Å²) in [4.78, 5) is 0. The molecule has 0 heterocycles. The van der Waals surface area contributed by atoms with Crippen LogP contribution in [0.25, 0.3) is 0 Å². The number of hydrogen-bond donors (Lipinski definition) is 2. The molecule has 0 radical (unpaired) electrons. The van der Waals surface area contributed by atoms with E-state index in [-0.39, 0.29) is 6.04 Å². The standard InChI is InChI=1S/C11H17ClN2O/c1-6-7(2)11(15-3)9(12)4-8(6)10(14)5-13/h4,10H,5,13-14H2,1-3H3. The Hall–Kier alpha value is -0.770. The molecule has 0 saturated carbocycles. The number of halogens is 1. The molecule has 1 aromatic carbocycles. The third kappa shape index (κ3) is 2.25. The Balaban J connectivity index is 3.33. The van der Waals surface area contributed by atoms with Crippen molar-refractivity contribution in [2.75, 3.05) is 13.7 Å². The highest BCUT2D eigenvalue weighted by molar-refractivity contribution is 6.32. The lowest BCUT2D eigenvalue weighted by molar-refractivity contribution is 0.411. The quantitative estimate of drug-likeness (QED) is 0.831. The molecular formula is C11H17ClN2O. The van der Waals surface area contributed by atoms with Gasteiger partial charge in [0.25, 0.3) is 0 Å². The summed E-state index contributed by atoms with van der Waals surface area (Å²) in [6.45, 7) is 4.37. The molecule has 0 saturated heterocycles. The average Bonchev–Trinajstić information content (AvgIpc) is 2.23. The van der Waals surface area contributed by atoms with Crippen LogP contribution in [0.3, 0.4) is 0 Å². The third-order valence-corrected chi connectivity index (χ3v) is 2.97. The molecule has 0 aromatic heterocycles. The second-order valence-electron chi connectivity index (χ2n) is 3.57. The minimum Gasteiger partial charge on any atom is -0.495 e. The number of rotatable bonds is 3. The van der Waals surface area contributed by atoms with Crippen LogP contribution in [0, 0.1) is 13.8 Å². The minimum atomic E-state index is -0.174. The second-order valence-corrected chi connectivity index (χ2v) is 3.98. The van der Waals surface area contributed by atoms with Crippen molar-refractivity contribution in [3.05, 3.63) is 27.8 Å². The molecule has 0 bridgehead atoms. The lowest BCUT2D eigenvalue weighted by atomic mass is 9.97. The molecule has 4 heteroatoms. The highest BCUT2D eigenvalue weighted by Gasteiger charge is 2.15. The van der Waals surface area contributed by atoms with Gasteiger partial charge >= 0.3 is 0 Å². The summed E-state index contributed by atoms with van der Waals surface area (Å²) in [5.74, 6) is 0.710. The summed E-state index contributed by atoms with van der Waals surface area (Å²) in [7, 11) is 1.61.